The molecule has 1 saturated carbocycles. The molecule has 0 bridgehead atoms. The lowest BCUT2D eigenvalue weighted by Crippen LogP contribution is -2.39. The highest BCUT2D eigenvalue weighted by atomic mass is 35.5. The Morgan fingerprint density at radius 2 is 1.79 bits per heavy atom. The summed E-state index contributed by atoms with van der Waals surface area (Å²) in [5, 5.41) is 5.11. The Kier molecular flexibility index (Phi) is 4.68. The van der Waals surface area contributed by atoms with Crippen molar-refractivity contribution >= 4 is 28.9 Å². The van der Waals surface area contributed by atoms with E-state index in [-0.39, 0.29) is 0 Å². The van der Waals surface area contributed by atoms with Gasteiger partial charge in [-0.15, -0.1) is 0 Å². The molecular weight excluding hydrogens is 277 g/mol. The fraction of sp³-hybridized carbons (Fsp3) is 0.625. The predicted molar refractivity (Wildman–Crippen MR) is 85.3 cm³/mol. The van der Waals surface area contributed by atoms with Gasteiger partial charge in [0.25, 0.3) is 0 Å². The summed E-state index contributed by atoms with van der Waals surface area (Å²) in [5.41, 5.74) is 1.29. The fourth-order valence-electron chi connectivity index (χ4n) is 3.15. The van der Waals surface area contributed by atoms with E-state index in [0.717, 1.165) is 15.7 Å². The summed E-state index contributed by atoms with van der Waals surface area (Å²) in [6.07, 6.45) is 5.13. The fourth-order valence-corrected chi connectivity index (χ4v) is 3.49. The van der Waals surface area contributed by atoms with E-state index in [2.05, 4.69) is 26.1 Å². The maximum atomic E-state index is 6.26. The van der Waals surface area contributed by atoms with Gasteiger partial charge in [0, 0.05) is 11.1 Å². The van der Waals surface area contributed by atoms with Crippen molar-refractivity contribution in [3.8, 4) is 0 Å². The van der Waals surface area contributed by atoms with E-state index in [1.165, 1.54) is 25.7 Å². The Hall–Kier alpha value is -0.400. The number of halogens is 2. The van der Waals surface area contributed by atoms with Gasteiger partial charge in [-0.1, -0.05) is 56.8 Å². The maximum absolute atomic E-state index is 6.26. The van der Waals surface area contributed by atoms with Crippen LogP contribution >= 0.6 is 23.2 Å². The first-order valence-electron chi connectivity index (χ1n) is 7.09. The molecule has 1 aromatic rings. The van der Waals surface area contributed by atoms with Crippen LogP contribution in [0.5, 0.6) is 0 Å². The van der Waals surface area contributed by atoms with E-state index in [1.54, 1.807) is 0 Å². The van der Waals surface area contributed by atoms with E-state index in [1.807, 2.05) is 18.2 Å². The molecule has 0 aromatic heterocycles. The molecular formula is C16H23Cl2N. The lowest BCUT2D eigenvalue weighted by atomic mass is 9.69. The van der Waals surface area contributed by atoms with E-state index in [9.17, 15) is 0 Å². The smallest absolute Gasteiger partial charge is 0.0638 e. The first kappa shape index (κ1) is 15.0. The van der Waals surface area contributed by atoms with Crippen LogP contribution < -0.4 is 5.32 Å². The van der Waals surface area contributed by atoms with E-state index in [0.29, 0.717) is 17.4 Å². The van der Waals surface area contributed by atoms with Crippen molar-refractivity contribution in [2.45, 2.75) is 52.5 Å². The summed E-state index contributed by atoms with van der Waals surface area (Å²) in [5.74, 6) is 0.677. The lowest BCUT2D eigenvalue weighted by Gasteiger charge is -2.41. The average molecular weight is 300 g/mol. The van der Waals surface area contributed by atoms with Gasteiger partial charge in [0.2, 0.25) is 0 Å². The molecule has 1 N–H and O–H groups in total. The highest BCUT2D eigenvalue weighted by Gasteiger charge is 2.34. The summed E-state index contributed by atoms with van der Waals surface area (Å²) in [4.78, 5) is 0. The van der Waals surface area contributed by atoms with Crippen molar-refractivity contribution < 1.29 is 0 Å². The molecule has 0 spiro atoms. The summed E-state index contributed by atoms with van der Waals surface area (Å²) >= 11 is 12.3. The average Bonchev–Trinajstić information content (AvgIpc) is 2.33. The summed E-state index contributed by atoms with van der Waals surface area (Å²) < 4.78 is 0. The van der Waals surface area contributed by atoms with Crippen LogP contribution in [-0.4, -0.2) is 6.04 Å². The zero-order valence-corrected chi connectivity index (χ0v) is 13.5. The number of benzene rings is 1. The summed E-state index contributed by atoms with van der Waals surface area (Å²) in [6, 6.07) is 6.11. The molecule has 106 valence electrons. The van der Waals surface area contributed by atoms with E-state index in [4.69, 9.17) is 23.2 Å². The van der Waals surface area contributed by atoms with Crippen molar-refractivity contribution in [3.05, 3.63) is 28.2 Å². The minimum atomic E-state index is 0.323. The second-order valence-electron chi connectivity index (χ2n) is 6.63. The van der Waals surface area contributed by atoms with Gasteiger partial charge in [0.1, 0.15) is 0 Å². The minimum absolute atomic E-state index is 0.323. The molecule has 1 aliphatic carbocycles. The first-order chi connectivity index (χ1) is 8.88. The lowest BCUT2D eigenvalue weighted by molar-refractivity contribution is 0.163. The van der Waals surface area contributed by atoms with Gasteiger partial charge in [-0.05, 0) is 42.4 Å². The van der Waals surface area contributed by atoms with Gasteiger partial charge in [-0.2, -0.15) is 0 Å². The SMILES string of the molecule is CC(C)(C)C1CCCCC1Nc1cc(Cl)ccc1Cl. The normalized spacial score (nSPS) is 24.3. The van der Waals surface area contributed by atoms with Crippen LogP contribution in [-0.2, 0) is 0 Å². The molecule has 0 aliphatic heterocycles. The highest BCUT2D eigenvalue weighted by Crippen LogP contribution is 2.40. The standard InChI is InChI=1S/C16H23Cl2N/c1-16(2,3)12-6-4-5-7-14(12)19-15-10-11(17)8-9-13(15)18/h8-10,12,14,19H,4-7H2,1-3H3. The molecule has 2 unspecified atom stereocenters. The molecule has 19 heavy (non-hydrogen) atoms. The molecule has 2 rings (SSSR count). The van der Waals surface area contributed by atoms with Crippen LogP contribution in [0.25, 0.3) is 0 Å². The third kappa shape index (κ3) is 3.79. The molecule has 3 heteroatoms. The Labute approximate surface area is 126 Å². The first-order valence-corrected chi connectivity index (χ1v) is 7.85. The third-order valence-electron chi connectivity index (χ3n) is 4.15. The second kappa shape index (κ2) is 5.93. The molecule has 0 heterocycles. The van der Waals surface area contributed by atoms with Crippen LogP contribution in [0.4, 0.5) is 5.69 Å². The number of rotatable bonds is 2. The Balaban J connectivity index is 2.17. The van der Waals surface area contributed by atoms with Crippen molar-refractivity contribution in [3.63, 3.8) is 0 Å². The molecule has 1 fully saturated rings. The molecule has 2 atom stereocenters. The van der Waals surface area contributed by atoms with E-state index < -0.39 is 0 Å². The zero-order valence-electron chi connectivity index (χ0n) is 12.0. The van der Waals surface area contributed by atoms with Crippen LogP contribution in [0.1, 0.15) is 46.5 Å². The van der Waals surface area contributed by atoms with Crippen molar-refractivity contribution in [1.29, 1.82) is 0 Å². The Bertz CT molecular complexity index is 437. The number of nitrogens with one attached hydrogen (secondary N) is 1. The highest BCUT2D eigenvalue weighted by molar-refractivity contribution is 6.35. The van der Waals surface area contributed by atoms with Gasteiger partial charge in [-0.3, -0.25) is 0 Å². The quantitative estimate of drug-likeness (QED) is 0.705. The molecule has 1 aliphatic rings. The second-order valence-corrected chi connectivity index (χ2v) is 7.48. The van der Waals surface area contributed by atoms with Gasteiger partial charge in [0.15, 0.2) is 0 Å². The minimum Gasteiger partial charge on any atom is -0.381 e. The molecule has 0 saturated heterocycles. The predicted octanol–water partition coefficient (Wildman–Crippen LogP) is 6.01. The summed E-state index contributed by atoms with van der Waals surface area (Å²) in [6.45, 7) is 6.99. The van der Waals surface area contributed by atoms with Crippen molar-refractivity contribution in [2.75, 3.05) is 5.32 Å². The maximum Gasteiger partial charge on any atom is 0.0638 e. The van der Waals surface area contributed by atoms with E-state index >= 15 is 0 Å². The number of hydrogen-bond acceptors (Lipinski definition) is 1. The largest absolute Gasteiger partial charge is 0.381 e. The molecule has 1 aromatic carbocycles. The summed E-state index contributed by atoms with van der Waals surface area (Å²) in [7, 11) is 0. The third-order valence-corrected chi connectivity index (χ3v) is 4.71. The number of hydrogen-bond donors (Lipinski definition) is 1. The van der Waals surface area contributed by atoms with Crippen LogP contribution in [0.2, 0.25) is 10.0 Å². The van der Waals surface area contributed by atoms with Gasteiger partial charge < -0.3 is 5.32 Å². The van der Waals surface area contributed by atoms with Crippen molar-refractivity contribution in [2.24, 2.45) is 11.3 Å². The molecule has 0 radical (unpaired) electrons. The monoisotopic (exact) mass is 299 g/mol. The Morgan fingerprint density at radius 1 is 1.11 bits per heavy atom. The Morgan fingerprint density at radius 3 is 2.47 bits per heavy atom. The topological polar surface area (TPSA) is 12.0 Å². The molecule has 1 nitrogen and oxygen atoms in total. The van der Waals surface area contributed by atoms with Crippen LogP contribution in [0.3, 0.4) is 0 Å². The van der Waals surface area contributed by atoms with Crippen molar-refractivity contribution in [1.82, 2.24) is 0 Å². The van der Waals surface area contributed by atoms with Crippen LogP contribution in [0, 0.1) is 11.3 Å². The van der Waals surface area contributed by atoms with Gasteiger partial charge in [-0.25, -0.2) is 0 Å². The molecule has 0 amide bonds. The zero-order chi connectivity index (χ0) is 14.0. The van der Waals surface area contributed by atoms with Crippen LogP contribution in [0.15, 0.2) is 18.2 Å². The van der Waals surface area contributed by atoms with Gasteiger partial charge in [0.05, 0.1) is 10.7 Å². The van der Waals surface area contributed by atoms with Gasteiger partial charge >= 0.3 is 0 Å². The number of anilines is 1.